The van der Waals surface area contributed by atoms with Crippen LogP contribution < -0.4 is 27.0 Å². The lowest BCUT2D eigenvalue weighted by atomic mass is 9.84. The van der Waals surface area contributed by atoms with Gasteiger partial charge in [-0.2, -0.15) is 0 Å². The number of hydrogen-bond acceptors (Lipinski definition) is 14. The topological polar surface area (TPSA) is 300 Å². The number of carbonyl (C=O) groups is 7. The van der Waals surface area contributed by atoms with Gasteiger partial charge in [0.1, 0.15) is 30.4 Å². The maximum Gasteiger partial charge on any atom is 0.295 e. The van der Waals surface area contributed by atoms with Gasteiger partial charge in [-0.25, -0.2) is 17.7 Å². The first-order valence-electron chi connectivity index (χ1n) is 20.3. The minimum Gasteiger partial charge on any atom is -0.342 e. The van der Waals surface area contributed by atoms with Crippen LogP contribution in [0.15, 0.2) is 41.7 Å². The van der Waals surface area contributed by atoms with Crippen LogP contribution in [-0.2, 0) is 38.8 Å². The number of benzene rings is 1. The zero-order valence-corrected chi connectivity index (χ0v) is 36.2. The van der Waals surface area contributed by atoms with Crippen molar-refractivity contribution in [1.29, 1.82) is 0 Å². The van der Waals surface area contributed by atoms with Crippen molar-refractivity contribution in [2.24, 2.45) is 23.5 Å². The van der Waals surface area contributed by atoms with E-state index in [4.69, 9.17) is 5.73 Å². The number of ketones is 1. The molecule has 1 aromatic carbocycles. The molecule has 1 fully saturated rings. The first kappa shape index (κ1) is 49.7. The summed E-state index contributed by atoms with van der Waals surface area (Å²) in [7, 11) is -5.16. The Morgan fingerprint density at radius 3 is 2.18 bits per heavy atom. The number of Topliss-reactive ketones (excluding diaryl/α,β-unsaturated/α-hetero) is 1. The Morgan fingerprint density at radius 2 is 1.61 bits per heavy atom. The molecule has 0 radical (unpaired) electrons. The average Bonchev–Trinajstić information content (AvgIpc) is 3.23. The molecule has 61 heavy (non-hydrogen) atoms. The van der Waals surface area contributed by atoms with E-state index in [9.17, 15) is 52.1 Å². The number of imide groups is 1. The van der Waals surface area contributed by atoms with Crippen molar-refractivity contribution in [3.8, 4) is 0 Å². The minimum atomic E-state index is -5.16. The van der Waals surface area contributed by atoms with Gasteiger partial charge in [-0.3, -0.25) is 54.0 Å². The third-order valence-electron chi connectivity index (χ3n) is 10.6. The molecule has 1 unspecified atom stereocenters. The Morgan fingerprint density at radius 1 is 0.934 bits per heavy atom. The number of nitro benzene ring substituents is 1. The highest BCUT2D eigenvalue weighted by atomic mass is 32.2. The zero-order valence-electron chi connectivity index (χ0n) is 35.3. The summed E-state index contributed by atoms with van der Waals surface area (Å²) in [6.45, 7) is 8.62. The van der Waals surface area contributed by atoms with Gasteiger partial charge in [-0.1, -0.05) is 79.2 Å². The van der Waals surface area contributed by atoms with Gasteiger partial charge in [0.25, 0.3) is 33.4 Å². The van der Waals surface area contributed by atoms with Crippen LogP contribution in [0.4, 0.5) is 5.69 Å². The predicted molar refractivity (Wildman–Crippen MR) is 220 cm³/mol. The van der Waals surface area contributed by atoms with E-state index in [1.165, 1.54) is 32.4 Å². The molecule has 1 aliphatic carbocycles. The smallest absolute Gasteiger partial charge is 0.295 e. The summed E-state index contributed by atoms with van der Waals surface area (Å²) in [6.07, 6.45) is 8.12. The molecular weight excluding hydrogens is 815 g/mol. The van der Waals surface area contributed by atoms with Crippen molar-refractivity contribution < 1.29 is 46.9 Å². The largest absolute Gasteiger partial charge is 0.342 e. The SMILES string of the molecule is CCC(N)C(=O)C(=O)NC(=O)CN(C(=O)[C@H](CC1CCCCC1)NC(=O)[C@@H](NC(=O)[C@H](CC(C)C)NC(=O)c1cnccn1)[C@@H](C)CC)S(=O)(=O)c1ccc(C)c([N+](=O)[O-])c1. The number of aromatic nitrogens is 2. The molecule has 5 atom stereocenters. The molecule has 0 bridgehead atoms. The molecule has 1 saturated carbocycles. The predicted octanol–water partition coefficient (Wildman–Crippen LogP) is 1.99. The lowest BCUT2D eigenvalue weighted by Gasteiger charge is -2.32. The van der Waals surface area contributed by atoms with E-state index in [1.54, 1.807) is 19.2 Å². The molecule has 334 valence electrons. The minimum absolute atomic E-state index is 0.0433. The van der Waals surface area contributed by atoms with E-state index in [1.807, 2.05) is 13.8 Å². The van der Waals surface area contributed by atoms with Crippen molar-refractivity contribution in [3.63, 3.8) is 0 Å². The molecule has 1 aliphatic rings. The van der Waals surface area contributed by atoms with Crippen LogP contribution in [0.5, 0.6) is 0 Å². The van der Waals surface area contributed by atoms with Gasteiger partial charge in [0.2, 0.25) is 23.5 Å². The van der Waals surface area contributed by atoms with Crippen molar-refractivity contribution in [1.82, 2.24) is 35.5 Å². The lowest BCUT2D eigenvalue weighted by Crippen LogP contribution is -2.60. The highest BCUT2D eigenvalue weighted by Gasteiger charge is 2.40. The third-order valence-corrected chi connectivity index (χ3v) is 12.3. The van der Waals surface area contributed by atoms with Gasteiger partial charge in [-0.05, 0) is 50.0 Å². The number of nitrogens with two attached hydrogens (primary N) is 1. The average molecular weight is 872 g/mol. The number of amides is 6. The van der Waals surface area contributed by atoms with Crippen molar-refractivity contribution in [3.05, 3.63) is 58.2 Å². The molecular formula is C40H57N9O11S. The molecule has 3 rings (SSSR count). The standard InChI is InChI=1S/C40H57N9O11S/c1-7-24(5)34(47-36(52)29(18-23(3)4)44-37(53)31-21-42-16-17-43-31)38(54)45-30(19-26-12-10-9-11-13-26)40(56)48(22-33(50)46-39(55)35(51)28(41)8-2)61(59,60)27-15-14-25(6)32(20-27)49(57)58/h14-17,20-21,23-24,26,28-30,34H,7-13,18-19,22,41H2,1-6H3,(H,44,53)(H,45,54)(H,47,52)(H,46,50,55)/t24-,28?,29-,30-,34-/m0/s1. The third kappa shape index (κ3) is 13.9. The fourth-order valence-electron chi connectivity index (χ4n) is 6.79. The Bertz CT molecular complexity index is 2040. The van der Waals surface area contributed by atoms with Crippen molar-refractivity contribution in [2.75, 3.05) is 6.54 Å². The summed E-state index contributed by atoms with van der Waals surface area (Å²) in [6, 6.07) is -2.50. The normalized spacial score (nSPS) is 15.6. The molecule has 6 amide bonds. The van der Waals surface area contributed by atoms with E-state index in [0.29, 0.717) is 19.3 Å². The molecule has 0 aliphatic heterocycles. The molecule has 20 nitrogen and oxygen atoms in total. The fraction of sp³-hybridized carbons (Fsp3) is 0.575. The summed E-state index contributed by atoms with van der Waals surface area (Å²) in [5.74, 6) is -8.46. The van der Waals surface area contributed by atoms with Crippen LogP contribution in [0.1, 0.15) is 108 Å². The summed E-state index contributed by atoms with van der Waals surface area (Å²) < 4.78 is 28.8. The van der Waals surface area contributed by atoms with Gasteiger partial charge in [0.05, 0.1) is 22.1 Å². The Hall–Kier alpha value is -5.70. The summed E-state index contributed by atoms with van der Waals surface area (Å²) in [5, 5.41) is 21.6. The van der Waals surface area contributed by atoms with Crippen LogP contribution in [0.2, 0.25) is 0 Å². The fourth-order valence-corrected chi connectivity index (χ4v) is 8.19. The van der Waals surface area contributed by atoms with Crippen LogP contribution in [0.25, 0.3) is 0 Å². The highest BCUT2D eigenvalue weighted by molar-refractivity contribution is 7.89. The number of rotatable bonds is 21. The van der Waals surface area contributed by atoms with E-state index in [0.717, 1.165) is 37.5 Å². The molecule has 21 heteroatoms. The van der Waals surface area contributed by atoms with Crippen LogP contribution in [0, 0.1) is 34.8 Å². The number of nitrogens with one attached hydrogen (secondary N) is 4. The Balaban J connectivity index is 2.07. The molecule has 2 aromatic rings. The molecule has 0 spiro atoms. The van der Waals surface area contributed by atoms with Crippen LogP contribution >= 0.6 is 0 Å². The van der Waals surface area contributed by atoms with Gasteiger partial charge in [0, 0.05) is 24.0 Å². The summed E-state index contributed by atoms with van der Waals surface area (Å²) in [5.41, 5.74) is 5.11. The Kier molecular flexibility index (Phi) is 18.5. The summed E-state index contributed by atoms with van der Waals surface area (Å²) in [4.78, 5) is 112. The second kappa shape index (κ2) is 22.8. The first-order chi connectivity index (χ1) is 28.7. The molecule has 0 saturated heterocycles. The van der Waals surface area contributed by atoms with Gasteiger partial charge < -0.3 is 21.7 Å². The van der Waals surface area contributed by atoms with E-state index >= 15 is 0 Å². The lowest BCUT2D eigenvalue weighted by molar-refractivity contribution is -0.385. The van der Waals surface area contributed by atoms with Crippen molar-refractivity contribution in [2.45, 2.75) is 128 Å². The second-order valence-electron chi connectivity index (χ2n) is 15.7. The van der Waals surface area contributed by atoms with Gasteiger partial charge in [0.15, 0.2) is 0 Å². The number of nitrogens with zero attached hydrogens (tertiary/aromatic N) is 4. The van der Waals surface area contributed by atoms with Gasteiger partial charge >= 0.3 is 0 Å². The zero-order chi connectivity index (χ0) is 45.6. The molecule has 6 N–H and O–H groups in total. The maximum absolute atomic E-state index is 14.7. The quantitative estimate of drug-likeness (QED) is 0.0681. The van der Waals surface area contributed by atoms with Crippen molar-refractivity contribution >= 4 is 56.9 Å². The van der Waals surface area contributed by atoms with E-state index < -0.39 is 103 Å². The second-order valence-corrected chi connectivity index (χ2v) is 17.6. The number of hydrogen-bond donors (Lipinski definition) is 5. The van der Waals surface area contributed by atoms with Crippen LogP contribution in [0.3, 0.4) is 0 Å². The van der Waals surface area contributed by atoms with E-state index in [-0.39, 0.29) is 46.7 Å². The monoisotopic (exact) mass is 871 g/mol. The number of sulfonamides is 1. The molecule has 1 heterocycles. The number of aryl methyl sites for hydroxylation is 1. The number of nitro groups is 1. The van der Waals surface area contributed by atoms with Crippen LogP contribution in [-0.4, -0.2) is 99.6 Å². The Labute approximate surface area is 355 Å². The maximum atomic E-state index is 14.7. The molecule has 1 aromatic heterocycles. The highest BCUT2D eigenvalue weighted by Crippen LogP contribution is 2.30. The van der Waals surface area contributed by atoms with Gasteiger partial charge in [-0.15, -0.1) is 0 Å². The van der Waals surface area contributed by atoms with E-state index in [2.05, 4.69) is 25.9 Å². The first-order valence-corrected chi connectivity index (χ1v) is 21.8. The number of carbonyl (C=O) groups excluding carboxylic acids is 7. The summed E-state index contributed by atoms with van der Waals surface area (Å²) >= 11 is 0.